The van der Waals surface area contributed by atoms with Crippen molar-refractivity contribution in [2.75, 3.05) is 23.0 Å². The molecule has 1 amide bonds. The third-order valence-corrected chi connectivity index (χ3v) is 6.81. The zero-order chi connectivity index (χ0) is 24.2. The summed E-state index contributed by atoms with van der Waals surface area (Å²) in [5.74, 6) is 1.75. The maximum absolute atomic E-state index is 13.7. The molecule has 0 saturated carbocycles. The number of ether oxygens (including phenoxy) is 1. The summed E-state index contributed by atoms with van der Waals surface area (Å²) < 4.78 is 7.39. The van der Waals surface area contributed by atoms with E-state index in [0.29, 0.717) is 56.0 Å². The summed E-state index contributed by atoms with van der Waals surface area (Å²) in [5, 5.41) is 12.5. The van der Waals surface area contributed by atoms with Crippen LogP contribution in [0.1, 0.15) is 38.8 Å². The number of halogens is 2. The van der Waals surface area contributed by atoms with Crippen LogP contribution >= 0.6 is 35.0 Å². The molecule has 2 N–H and O–H groups in total. The third-order valence-electron chi connectivity index (χ3n) is 5.21. The summed E-state index contributed by atoms with van der Waals surface area (Å²) in [6, 6.07) is 12.0. The number of nitrogens with one attached hydrogen (secondary N) is 2. The molecule has 2 aromatic carbocycles. The largest absolute Gasteiger partial charge is 0.492 e. The van der Waals surface area contributed by atoms with Crippen LogP contribution < -0.4 is 15.4 Å². The van der Waals surface area contributed by atoms with Crippen LogP contribution in [-0.2, 0) is 4.79 Å². The molecule has 3 aromatic rings. The number of hydrogen-bond acceptors (Lipinski definition) is 6. The monoisotopic (exact) mass is 517 g/mol. The van der Waals surface area contributed by atoms with Crippen molar-refractivity contribution in [3.05, 3.63) is 69.3 Å². The van der Waals surface area contributed by atoms with Crippen LogP contribution in [0.2, 0.25) is 10.0 Å². The summed E-state index contributed by atoms with van der Waals surface area (Å²) in [5.41, 5.74) is 2.42. The van der Waals surface area contributed by atoms with E-state index in [1.54, 1.807) is 34.6 Å². The van der Waals surface area contributed by atoms with Crippen molar-refractivity contribution >= 4 is 52.5 Å². The molecular weight excluding hydrogens is 493 g/mol. The number of hydrogen-bond donors (Lipinski definition) is 2. The summed E-state index contributed by atoms with van der Waals surface area (Å²) in [7, 11) is 0. The van der Waals surface area contributed by atoms with Gasteiger partial charge in [0.2, 0.25) is 11.1 Å². The molecule has 1 aromatic heterocycles. The van der Waals surface area contributed by atoms with Crippen molar-refractivity contribution < 1.29 is 9.53 Å². The Hall–Kier alpha value is -2.68. The van der Waals surface area contributed by atoms with E-state index in [1.165, 1.54) is 0 Å². The molecular formula is C24H25Cl2N5O2S. The summed E-state index contributed by atoms with van der Waals surface area (Å²) >= 11 is 14.3. The topological polar surface area (TPSA) is 81.1 Å². The fourth-order valence-corrected chi connectivity index (χ4v) is 4.93. The highest BCUT2D eigenvalue weighted by molar-refractivity contribution is 7.99. The van der Waals surface area contributed by atoms with Crippen LogP contribution in [0.5, 0.6) is 5.75 Å². The molecule has 0 spiro atoms. The van der Waals surface area contributed by atoms with E-state index in [-0.39, 0.29) is 5.91 Å². The van der Waals surface area contributed by atoms with Gasteiger partial charge in [0.05, 0.1) is 17.9 Å². The number of para-hydroxylation sites is 2. The van der Waals surface area contributed by atoms with Crippen LogP contribution in [0.25, 0.3) is 0 Å². The molecule has 7 nitrogen and oxygen atoms in total. The molecule has 1 aliphatic heterocycles. The normalized spacial score (nSPS) is 15.0. The Bertz CT molecular complexity index is 1240. The van der Waals surface area contributed by atoms with Crippen molar-refractivity contribution in [1.82, 2.24) is 14.8 Å². The van der Waals surface area contributed by atoms with Crippen molar-refractivity contribution in [1.29, 1.82) is 0 Å². The van der Waals surface area contributed by atoms with E-state index in [0.717, 1.165) is 12.2 Å². The number of rotatable bonds is 8. The number of aromatic nitrogens is 3. The fourth-order valence-electron chi connectivity index (χ4n) is 3.73. The standard InChI is InChI=1S/C24H25Cl2N5O2S/c1-4-12-34-24-29-23-27-14(3)20(22(32)28-18-8-6-7-9-19(18)33-5-2)21(31(23)30-24)16-11-10-15(25)13-17(16)26/h6-11,13,21H,4-5,12H2,1-3H3,(H,28,32)(H,27,29,30). The molecule has 4 rings (SSSR count). The number of fused-ring (bicyclic) bond motifs is 1. The van der Waals surface area contributed by atoms with Crippen molar-refractivity contribution in [3.63, 3.8) is 0 Å². The second-order valence-corrected chi connectivity index (χ2v) is 9.53. The first-order valence-electron chi connectivity index (χ1n) is 11.0. The van der Waals surface area contributed by atoms with Gasteiger partial charge in [0.1, 0.15) is 11.8 Å². The number of benzene rings is 2. The van der Waals surface area contributed by atoms with Gasteiger partial charge in [0.25, 0.3) is 5.91 Å². The SMILES string of the molecule is CCCSc1nc2n(n1)C(c1ccc(Cl)cc1Cl)C(C(=O)Nc1ccccc1OCC)=C(C)N2. The number of thioether (sulfide) groups is 1. The maximum atomic E-state index is 13.7. The van der Waals surface area contributed by atoms with Crippen molar-refractivity contribution in [2.45, 2.75) is 38.4 Å². The average molecular weight is 518 g/mol. The Kier molecular flexibility index (Phi) is 7.70. The lowest BCUT2D eigenvalue weighted by Crippen LogP contribution is -2.31. The summed E-state index contributed by atoms with van der Waals surface area (Å²) in [6.45, 7) is 6.33. The molecule has 2 heterocycles. The van der Waals surface area contributed by atoms with E-state index in [1.807, 2.05) is 38.1 Å². The van der Waals surface area contributed by atoms with Crippen LogP contribution in [0, 0.1) is 0 Å². The highest BCUT2D eigenvalue weighted by Gasteiger charge is 2.35. The van der Waals surface area contributed by atoms with Crippen LogP contribution in [0.4, 0.5) is 11.6 Å². The number of amides is 1. The minimum Gasteiger partial charge on any atom is -0.492 e. The number of nitrogens with zero attached hydrogens (tertiary/aromatic N) is 3. The van der Waals surface area contributed by atoms with E-state index in [2.05, 4.69) is 22.5 Å². The summed E-state index contributed by atoms with van der Waals surface area (Å²) in [6.07, 6.45) is 0.999. The Morgan fingerprint density at radius 1 is 1.24 bits per heavy atom. The van der Waals surface area contributed by atoms with Gasteiger partial charge in [-0.25, -0.2) is 4.68 Å². The second-order valence-electron chi connectivity index (χ2n) is 7.63. The van der Waals surface area contributed by atoms with Crippen molar-refractivity contribution in [3.8, 4) is 5.75 Å². The molecule has 34 heavy (non-hydrogen) atoms. The minimum atomic E-state index is -0.594. The minimum absolute atomic E-state index is 0.294. The maximum Gasteiger partial charge on any atom is 0.255 e. The Morgan fingerprint density at radius 3 is 2.76 bits per heavy atom. The summed E-state index contributed by atoms with van der Waals surface area (Å²) in [4.78, 5) is 18.3. The quantitative estimate of drug-likeness (QED) is 0.335. The first-order chi connectivity index (χ1) is 16.4. The van der Waals surface area contributed by atoms with E-state index in [4.69, 9.17) is 33.0 Å². The first-order valence-corrected chi connectivity index (χ1v) is 12.7. The molecule has 1 unspecified atom stereocenters. The van der Waals surface area contributed by atoms with E-state index in [9.17, 15) is 4.79 Å². The lowest BCUT2D eigenvalue weighted by Gasteiger charge is -2.29. The van der Waals surface area contributed by atoms with Gasteiger partial charge in [0, 0.05) is 27.1 Å². The van der Waals surface area contributed by atoms with Gasteiger partial charge in [-0.2, -0.15) is 4.98 Å². The average Bonchev–Trinajstić information content (AvgIpc) is 3.21. The highest BCUT2D eigenvalue weighted by Crippen LogP contribution is 2.40. The van der Waals surface area contributed by atoms with Gasteiger partial charge in [-0.1, -0.05) is 60.1 Å². The van der Waals surface area contributed by atoms with E-state index >= 15 is 0 Å². The Morgan fingerprint density at radius 2 is 2.03 bits per heavy atom. The van der Waals surface area contributed by atoms with Crippen LogP contribution in [0.15, 0.2) is 58.9 Å². The number of allylic oxidation sites excluding steroid dienone is 1. The molecule has 1 atom stereocenters. The Labute approximate surface area is 212 Å². The third kappa shape index (κ3) is 5.04. The predicted molar refractivity (Wildman–Crippen MR) is 138 cm³/mol. The number of anilines is 2. The van der Waals surface area contributed by atoms with Gasteiger partial charge in [-0.15, -0.1) is 5.10 Å². The van der Waals surface area contributed by atoms with Crippen LogP contribution in [-0.4, -0.2) is 33.0 Å². The zero-order valence-corrected chi connectivity index (χ0v) is 21.4. The molecule has 178 valence electrons. The van der Waals surface area contributed by atoms with Gasteiger partial charge in [-0.3, -0.25) is 4.79 Å². The molecule has 0 bridgehead atoms. The van der Waals surface area contributed by atoms with Gasteiger partial charge >= 0.3 is 0 Å². The van der Waals surface area contributed by atoms with Crippen LogP contribution in [0.3, 0.4) is 0 Å². The van der Waals surface area contributed by atoms with Crippen molar-refractivity contribution in [2.24, 2.45) is 0 Å². The molecule has 10 heteroatoms. The first kappa shape index (κ1) is 24.4. The lowest BCUT2D eigenvalue weighted by molar-refractivity contribution is -0.113. The Balaban J connectivity index is 1.78. The molecule has 0 fully saturated rings. The smallest absolute Gasteiger partial charge is 0.255 e. The van der Waals surface area contributed by atoms with Gasteiger partial charge in [0.15, 0.2) is 0 Å². The van der Waals surface area contributed by atoms with Gasteiger partial charge in [-0.05, 0) is 44.5 Å². The second kappa shape index (κ2) is 10.7. The van der Waals surface area contributed by atoms with Gasteiger partial charge < -0.3 is 15.4 Å². The molecule has 0 radical (unpaired) electrons. The lowest BCUT2D eigenvalue weighted by atomic mass is 9.95. The number of carbonyl (C=O) groups excluding carboxylic acids is 1. The highest BCUT2D eigenvalue weighted by atomic mass is 35.5. The molecule has 1 aliphatic rings. The van der Waals surface area contributed by atoms with E-state index < -0.39 is 6.04 Å². The molecule has 0 saturated heterocycles. The molecule has 0 aliphatic carbocycles. The number of carbonyl (C=O) groups is 1. The fraction of sp³-hybridized carbons (Fsp3) is 0.292. The zero-order valence-electron chi connectivity index (χ0n) is 19.1. The predicted octanol–water partition coefficient (Wildman–Crippen LogP) is 6.41.